The van der Waals surface area contributed by atoms with Crippen LogP contribution in [0.2, 0.25) is 0 Å². The van der Waals surface area contributed by atoms with E-state index in [4.69, 9.17) is 13.6 Å². The molecule has 3 rings (SSSR count). The van der Waals surface area contributed by atoms with Crippen molar-refractivity contribution in [3.05, 3.63) is 66.4 Å². The van der Waals surface area contributed by atoms with E-state index < -0.39 is 0 Å². The molecule has 0 aliphatic rings. The monoisotopic (exact) mass is 496 g/mol. The summed E-state index contributed by atoms with van der Waals surface area (Å²) in [7, 11) is 1.74. The van der Waals surface area contributed by atoms with Gasteiger partial charge in [0.15, 0.2) is 5.96 Å². The summed E-state index contributed by atoms with van der Waals surface area (Å²) < 4.78 is 16.3. The zero-order valence-corrected chi connectivity index (χ0v) is 18.1. The topological polar surface area (TPSA) is 84.8 Å². The van der Waals surface area contributed by atoms with E-state index in [0.29, 0.717) is 31.6 Å². The Labute approximate surface area is 181 Å². The first-order chi connectivity index (χ1) is 13.3. The van der Waals surface area contributed by atoms with Gasteiger partial charge in [-0.1, -0.05) is 18.2 Å². The zero-order valence-electron chi connectivity index (χ0n) is 15.8. The number of benzene rings is 1. The highest BCUT2D eigenvalue weighted by Gasteiger charge is 2.06. The molecule has 0 saturated carbocycles. The minimum absolute atomic E-state index is 0. The molecule has 0 radical (unpaired) electrons. The Morgan fingerprint density at radius 3 is 2.71 bits per heavy atom. The molecule has 0 amide bonds. The summed E-state index contributed by atoms with van der Waals surface area (Å²) in [6, 6.07) is 13.6. The lowest BCUT2D eigenvalue weighted by Gasteiger charge is -2.10. The third-order valence-electron chi connectivity index (χ3n) is 3.82. The molecular formula is C20H25IN4O3. The maximum absolute atomic E-state index is 5.55. The summed E-state index contributed by atoms with van der Waals surface area (Å²) in [6.07, 6.45) is 4.17. The van der Waals surface area contributed by atoms with Crippen LogP contribution in [0.15, 0.2) is 68.8 Å². The van der Waals surface area contributed by atoms with Crippen molar-refractivity contribution in [3.8, 4) is 11.5 Å². The predicted molar refractivity (Wildman–Crippen MR) is 119 cm³/mol. The number of aliphatic imine (C=N–C) groups is 1. The highest BCUT2D eigenvalue weighted by atomic mass is 127. The first kappa shape index (κ1) is 22.0. The molecule has 2 N–H and O–H groups in total. The number of rotatable bonds is 9. The second-order valence-electron chi connectivity index (χ2n) is 5.85. The van der Waals surface area contributed by atoms with Gasteiger partial charge in [0.2, 0.25) is 5.89 Å². The van der Waals surface area contributed by atoms with Gasteiger partial charge in [-0.05, 0) is 30.7 Å². The van der Waals surface area contributed by atoms with Gasteiger partial charge in [0.05, 0.1) is 18.5 Å². The van der Waals surface area contributed by atoms with Crippen molar-refractivity contribution in [1.82, 2.24) is 15.6 Å². The van der Waals surface area contributed by atoms with Crippen LogP contribution in [0, 0.1) is 0 Å². The third-order valence-corrected chi connectivity index (χ3v) is 3.82. The summed E-state index contributed by atoms with van der Waals surface area (Å²) in [5.41, 5.74) is 1.78. The molecule has 8 heteroatoms. The second-order valence-corrected chi connectivity index (χ2v) is 5.85. The van der Waals surface area contributed by atoms with Crippen LogP contribution in [-0.4, -0.2) is 31.1 Å². The molecule has 0 aliphatic heterocycles. The fraction of sp³-hybridized carbons (Fsp3) is 0.300. The normalized spacial score (nSPS) is 11.1. The van der Waals surface area contributed by atoms with Crippen molar-refractivity contribution in [2.24, 2.45) is 4.99 Å². The quantitative estimate of drug-likeness (QED) is 0.203. The van der Waals surface area contributed by atoms with Crippen LogP contribution in [0.25, 0.3) is 11.5 Å². The molecule has 2 aromatic heterocycles. The van der Waals surface area contributed by atoms with E-state index in [1.165, 1.54) is 0 Å². The van der Waals surface area contributed by atoms with Gasteiger partial charge in [-0.3, -0.25) is 4.99 Å². The Bertz CT molecular complexity index is 819. The van der Waals surface area contributed by atoms with Crippen molar-refractivity contribution in [1.29, 1.82) is 0 Å². The van der Waals surface area contributed by atoms with Gasteiger partial charge in [0.1, 0.15) is 18.6 Å². The van der Waals surface area contributed by atoms with Crippen molar-refractivity contribution >= 4 is 29.9 Å². The van der Waals surface area contributed by atoms with E-state index in [1.54, 1.807) is 19.6 Å². The van der Waals surface area contributed by atoms with Crippen LogP contribution in [0.4, 0.5) is 0 Å². The molecule has 7 nitrogen and oxygen atoms in total. The SMILES string of the molecule is CN=C(NCCCOCc1ccco1)NCc1coc(-c2ccccc2)n1.I. The first-order valence-corrected chi connectivity index (χ1v) is 8.89. The van der Waals surface area contributed by atoms with Gasteiger partial charge in [0, 0.05) is 25.8 Å². The van der Waals surface area contributed by atoms with Gasteiger partial charge in [0.25, 0.3) is 0 Å². The molecule has 0 spiro atoms. The summed E-state index contributed by atoms with van der Waals surface area (Å²) in [5, 5.41) is 6.47. The minimum atomic E-state index is 0. The number of guanidine groups is 1. The van der Waals surface area contributed by atoms with Crippen LogP contribution < -0.4 is 10.6 Å². The predicted octanol–water partition coefficient (Wildman–Crippen LogP) is 3.82. The molecule has 2 heterocycles. The Kier molecular flexibility index (Phi) is 9.56. The fourth-order valence-corrected chi connectivity index (χ4v) is 2.44. The molecular weight excluding hydrogens is 471 g/mol. The van der Waals surface area contributed by atoms with Gasteiger partial charge < -0.3 is 24.2 Å². The average molecular weight is 496 g/mol. The summed E-state index contributed by atoms with van der Waals surface area (Å²) in [4.78, 5) is 8.70. The molecule has 0 fully saturated rings. The number of furan rings is 1. The van der Waals surface area contributed by atoms with Crippen LogP contribution in [0.5, 0.6) is 0 Å². The van der Waals surface area contributed by atoms with Crippen molar-refractivity contribution in [3.63, 3.8) is 0 Å². The number of hydrogen-bond donors (Lipinski definition) is 2. The van der Waals surface area contributed by atoms with Crippen molar-refractivity contribution in [2.75, 3.05) is 20.2 Å². The molecule has 150 valence electrons. The van der Waals surface area contributed by atoms with Gasteiger partial charge in [-0.2, -0.15) is 0 Å². The van der Waals surface area contributed by atoms with E-state index in [0.717, 1.165) is 30.0 Å². The molecule has 1 aromatic carbocycles. The number of nitrogens with one attached hydrogen (secondary N) is 2. The Morgan fingerprint density at radius 2 is 1.96 bits per heavy atom. The van der Waals surface area contributed by atoms with Crippen LogP contribution in [0.3, 0.4) is 0 Å². The smallest absolute Gasteiger partial charge is 0.226 e. The number of oxazole rings is 1. The van der Waals surface area contributed by atoms with E-state index >= 15 is 0 Å². The maximum Gasteiger partial charge on any atom is 0.226 e. The molecule has 3 aromatic rings. The van der Waals surface area contributed by atoms with Crippen LogP contribution >= 0.6 is 24.0 Å². The zero-order chi connectivity index (χ0) is 18.7. The summed E-state index contributed by atoms with van der Waals surface area (Å²) in [5.74, 6) is 2.16. The third kappa shape index (κ3) is 7.01. The Balaban J connectivity index is 0.00000280. The minimum Gasteiger partial charge on any atom is -0.467 e. The van der Waals surface area contributed by atoms with Gasteiger partial charge >= 0.3 is 0 Å². The van der Waals surface area contributed by atoms with Crippen LogP contribution in [0.1, 0.15) is 17.9 Å². The molecule has 0 atom stereocenters. The van der Waals surface area contributed by atoms with Crippen LogP contribution in [-0.2, 0) is 17.9 Å². The standard InChI is InChI=1S/C20H24N4O3.HI/c1-21-20(22-10-6-11-25-15-18-9-5-12-26-18)23-13-17-14-27-19(24-17)16-7-3-2-4-8-16;/h2-5,7-9,12,14H,6,10-11,13,15H2,1H3,(H2,21,22,23);1H. The number of hydrogen-bond acceptors (Lipinski definition) is 5. The van der Waals surface area contributed by atoms with Gasteiger partial charge in [-0.15, -0.1) is 24.0 Å². The maximum atomic E-state index is 5.55. The fourth-order valence-electron chi connectivity index (χ4n) is 2.44. The van der Waals surface area contributed by atoms with E-state index in [-0.39, 0.29) is 24.0 Å². The Hall–Kier alpha value is -2.33. The highest BCUT2D eigenvalue weighted by molar-refractivity contribution is 14.0. The lowest BCUT2D eigenvalue weighted by Crippen LogP contribution is -2.37. The van der Waals surface area contributed by atoms with Crippen molar-refractivity contribution in [2.45, 2.75) is 19.6 Å². The number of ether oxygens (including phenoxy) is 1. The molecule has 0 bridgehead atoms. The largest absolute Gasteiger partial charge is 0.467 e. The molecule has 0 unspecified atom stereocenters. The van der Waals surface area contributed by atoms with Crippen molar-refractivity contribution < 1.29 is 13.6 Å². The molecule has 28 heavy (non-hydrogen) atoms. The average Bonchev–Trinajstić information content (AvgIpc) is 3.39. The number of aromatic nitrogens is 1. The summed E-state index contributed by atoms with van der Waals surface area (Å²) >= 11 is 0. The van der Waals surface area contributed by atoms with E-state index in [2.05, 4.69) is 20.6 Å². The molecule has 0 saturated heterocycles. The summed E-state index contributed by atoms with van der Waals surface area (Å²) in [6.45, 7) is 2.43. The van der Waals surface area contributed by atoms with E-state index in [9.17, 15) is 0 Å². The first-order valence-electron chi connectivity index (χ1n) is 8.89. The molecule has 0 aliphatic carbocycles. The van der Waals surface area contributed by atoms with E-state index in [1.807, 2.05) is 42.5 Å². The second kappa shape index (κ2) is 12.2. The number of halogens is 1. The Morgan fingerprint density at radius 1 is 1.11 bits per heavy atom. The highest BCUT2D eigenvalue weighted by Crippen LogP contribution is 2.17. The van der Waals surface area contributed by atoms with Gasteiger partial charge in [-0.25, -0.2) is 4.98 Å². The lowest BCUT2D eigenvalue weighted by atomic mass is 10.2. The lowest BCUT2D eigenvalue weighted by molar-refractivity contribution is 0.105. The number of nitrogens with zero attached hydrogens (tertiary/aromatic N) is 2.